The van der Waals surface area contributed by atoms with E-state index in [1.54, 1.807) is 0 Å². The first-order valence-electron chi connectivity index (χ1n) is 6.16. The Labute approximate surface area is 133 Å². The molecule has 0 aliphatic heterocycles. The second-order valence-electron chi connectivity index (χ2n) is 4.20. The Morgan fingerprint density at radius 3 is 2.38 bits per heavy atom. The summed E-state index contributed by atoms with van der Waals surface area (Å²) in [4.78, 5) is 12.7. The summed E-state index contributed by atoms with van der Waals surface area (Å²) in [6.45, 7) is 5.30. The average molecular weight is 348 g/mol. The van der Waals surface area contributed by atoms with Gasteiger partial charge >= 0.3 is 0 Å². The van der Waals surface area contributed by atoms with Gasteiger partial charge in [-0.15, -0.1) is 0 Å². The fraction of sp³-hybridized carbons (Fsp3) is 0.417. The molecule has 6 nitrogen and oxygen atoms in total. The molecule has 0 atom stereocenters. The van der Waals surface area contributed by atoms with Gasteiger partial charge in [-0.1, -0.05) is 24.0 Å². The molecule has 21 heavy (non-hydrogen) atoms. The van der Waals surface area contributed by atoms with E-state index in [4.69, 9.17) is 12.2 Å². The first-order valence-corrected chi connectivity index (χ1v) is 9.27. The Hall–Kier alpha value is -1.19. The van der Waals surface area contributed by atoms with Gasteiger partial charge in [0, 0.05) is 25.4 Å². The molecule has 0 heterocycles. The number of hydrogen-bond acceptors (Lipinski definition) is 6. The van der Waals surface area contributed by atoms with E-state index < -0.39 is 14.8 Å². The topological polar surface area (TPSA) is 80.5 Å². The van der Waals surface area contributed by atoms with Crippen molar-refractivity contribution in [2.24, 2.45) is 0 Å². The highest BCUT2D eigenvalue weighted by Crippen LogP contribution is 2.33. The van der Waals surface area contributed by atoms with Gasteiger partial charge in [0.2, 0.25) is 0 Å². The van der Waals surface area contributed by atoms with Crippen LogP contribution in [0.5, 0.6) is 0 Å². The minimum absolute atomic E-state index is 0.0766. The molecule has 0 saturated heterocycles. The van der Waals surface area contributed by atoms with E-state index in [-0.39, 0.29) is 10.6 Å². The Morgan fingerprint density at radius 2 is 1.95 bits per heavy atom. The third-order valence-corrected chi connectivity index (χ3v) is 5.39. The van der Waals surface area contributed by atoms with Crippen molar-refractivity contribution in [1.29, 1.82) is 0 Å². The molecule has 0 unspecified atom stereocenters. The minimum Gasteiger partial charge on any atom is -0.358 e. The zero-order valence-electron chi connectivity index (χ0n) is 11.9. The number of sulfone groups is 1. The smallest absolute Gasteiger partial charge is 0.284 e. The number of nitrogens with zero attached hydrogens (tertiary/aromatic N) is 2. The normalized spacial score (nSPS) is 11.2. The Kier molecular flexibility index (Phi) is 6.11. The molecule has 0 spiro atoms. The van der Waals surface area contributed by atoms with Crippen molar-refractivity contribution < 1.29 is 13.3 Å². The number of benzene rings is 1. The van der Waals surface area contributed by atoms with Crippen LogP contribution in [0.15, 0.2) is 28.0 Å². The molecule has 0 aromatic heterocycles. The monoisotopic (exact) mass is 348 g/mol. The minimum atomic E-state index is -3.49. The van der Waals surface area contributed by atoms with Gasteiger partial charge in [0.15, 0.2) is 9.84 Å². The highest BCUT2D eigenvalue weighted by atomic mass is 32.2. The zero-order valence-corrected chi connectivity index (χ0v) is 14.3. The van der Waals surface area contributed by atoms with E-state index in [2.05, 4.69) is 0 Å². The van der Waals surface area contributed by atoms with E-state index in [1.165, 1.54) is 12.1 Å². The van der Waals surface area contributed by atoms with Crippen molar-refractivity contribution in [3.63, 3.8) is 0 Å². The van der Waals surface area contributed by atoms with E-state index >= 15 is 0 Å². The van der Waals surface area contributed by atoms with Crippen molar-refractivity contribution in [1.82, 2.24) is 4.90 Å². The number of rotatable bonds is 5. The molecule has 1 aromatic rings. The number of nitro benzene ring substituents is 1. The summed E-state index contributed by atoms with van der Waals surface area (Å²) < 4.78 is 23.5. The number of hydrogen-bond donors (Lipinski definition) is 0. The lowest BCUT2D eigenvalue weighted by atomic mass is 10.3. The lowest BCUT2D eigenvalue weighted by Crippen LogP contribution is -2.26. The van der Waals surface area contributed by atoms with Crippen molar-refractivity contribution in [3.8, 4) is 0 Å². The van der Waals surface area contributed by atoms with Crippen LogP contribution in [0.3, 0.4) is 0 Å². The van der Waals surface area contributed by atoms with Gasteiger partial charge in [-0.3, -0.25) is 10.1 Å². The molecule has 116 valence electrons. The predicted octanol–water partition coefficient (Wildman–Crippen LogP) is 2.72. The number of nitro groups is 1. The lowest BCUT2D eigenvalue weighted by molar-refractivity contribution is -0.387. The Bertz CT molecular complexity index is 654. The molecule has 0 aliphatic rings. The van der Waals surface area contributed by atoms with Crippen molar-refractivity contribution in [3.05, 3.63) is 28.3 Å². The fourth-order valence-corrected chi connectivity index (χ4v) is 3.72. The zero-order chi connectivity index (χ0) is 16.2. The van der Waals surface area contributed by atoms with Crippen LogP contribution in [-0.2, 0) is 9.84 Å². The molecular formula is C12H16N2O4S3. The predicted molar refractivity (Wildman–Crippen MR) is 87.6 cm³/mol. The SMILES string of the molecule is CCN(CC)C(=S)Sc1ccc(S(C)(=O)=O)cc1[N+](=O)[O-]. The fourth-order valence-electron chi connectivity index (χ4n) is 1.60. The second-order valence-corrected chi connectivity index (χ2v) is 7.89. The maximum Gasteiger partial charge on any atom is 0.284 e. The first-order chi connectivity index (χ1) is 9.70. The molecule has 1 aromatic carbocycles. The summed E-state index contributed by atoms with van der Waals surface area (Å²) >= 11 is 6.35. The molecule has 0 bridgehead atoms. The second kappa shape index (κ2) is 7.19. The van der Waals surface area contributed by atoms with E-state index in [1.807, 2.05) is 18.7 Å². The number of thioether (sulfide) groups is 1. The van der Waals surface area contributed by atoms with Gasteiger partial charge in [-0.25, -0.2) is 8.42 Å². The largest absolute Gasteiger partial charge is 0.358 e. The lowest BCUT2D eigenvalue weighted by Gasteiger charge is -2.20. The summed E-state index contributed by atoms with van der Waals surface area (Å²) in [5.74, 6) is 0. The van der Waals surface area contributed by atoms with Crippen LogP contribution >= 0.6 is 24.0 Å². The van der Waals surface area contributed by atoms with Crippen molar-refractivity contribution >= 4 is 43.8 Å². The van der Waals surface area contributed by atoms with Crippen LogP contribution in [0.4, 0.5) is 5.69 Å². The molecule has 0 saturated carbocycles. The third kappa shape index (κ3) is 4.65. The molecule has 0 fully saturated rings. The first kappa shape index (κ1) is 17.9. The molecule has 0 N–H and O–H groups in total. The maximum absolute atomic E-state index is 11.5. The van der Waals surface area contributed by atoms with Crippen molar-refractivity contribution in [2.45, 2.75) is 23.6 Å². The molecule has 1 rings (SSSR count). The van der Waals surface area contributed by atoms with Gasteiger partial charge < -0.3 is 4.90 Å². The molecular weight excluding hydrogens is 332 g/mol. The van der Waals surface area contributed by atoms with Gasteiger partial charge in [0.05, 0.1) is 14.7 Å². The van der Waals surface area contributed by atoms with E-state index in [0.29, 0.717) is 22.3 Å². The van der Waals surface area contributed by atoms with Gasteiger partial charge in [-0.05, 0) is 26.0 Å². The van der Waals surface area contributed by atoms with Gasteiger partial charge in [0.25, 0.3) is 5.69 Å². The van der Waals surface area contributed by atoms with E-state index in [9.17, 15) is 18.5 Å². The van der Waals surface area contributed by atoms with Gasteiger partial charge in [0.1, 0.15) is 4.32 Å². The van der Waals surface area contributed by atoms with Crippen LogP contribution in [0.25, 0.3) is 0 Å². The highest BCUT2D eigenvalue weighted by Gasteiger charge is 2.21. The maximum atomic E-state index is 11.5. The standard InChI is InChI=1S/C12H16N2O4S3/c1-4-13(5-2)12(19)20-11-7-6-9(21(3,17)18)8-10(11)14(15)16/h6-8H,4-5H2,1-3H3. The van der Waals surface area contributed by atoms with Crippen LogP contribution in [0.1, 0.15) is 13.8 Å². The van der Waals surface area contributed by atoms with Crippen LogP contribution < -0.4 is 0 Å². The summed E-state index contributed by atoms with van der Waals surface area (Å²) in [6.07, 6.45) is 1.01. The molecule has 9 heteroatoms. The highest BCUT2D eigenvalue weighted by molar-refractivity contribution is 8.23. The van der Waals surface area contributed by atoms with E-state index in [0.717, 1.165) is 24.1 Å². The summed E-state index contributed by atoms with van der Waals surface area (Å²) in [6, 6.07) is 3.85. The average Bonchev–Trinajstić information content (AvgIpc) is 2.38. The Balaban J connectivity index is 3.19. The molecule has 0 radical (unpaired) electrons. The van der Waals surface area contributed by atoms with Crippen LogP contribution in [0.2, 0.25) is 0 Å². The van der Waals surface area contributed by atoms with Gasteiger partial charge in [-0.2, -0.15) is 0 Å². The van der Waals surface area contributed by atoms with Crippen LogP contribution in [0, 0.1) is 10.1 Å². The third-order valence-electron chi connectivity index (χ3n) is 2.77. The summed E-state index contributed by atoms with van der Waals surface area (Å²) in [5.41, 5.74) is -0.252. The summed E-state index contributed by atoms with van der Waals surface area (Å²) in [7, 11) is -3.49. The van der Waals surface area contributed by atoms with Crippen molar-refractivity contribution in [2.75, 3.05) is 19.3 Å². The molecule has 0 aliphatic carbocycles. The quantitative estimate of drug-likeness (QED) is 0.350. The van der Waals surface area contributed by atoms with Crippen LogP contribution in [-0.4, -0.2) is 41.9 Å². The Morgan fingerprint density at radius 1 is 1.38 bits per heavy atom. The number of thiocarbonyl (C=S) groups is 1. The summed E-state index contributed by atoms with van der Waals surface area (Å²) in [5, 5.41) is 11.1. The molecule has 0 amide bonds.